The van der Waals surface area contributed by atoms with Crippen molar-refractivity contribution in [2.24, 2.45) is 0 Å². The van der Waals surface area contributed by atoms with Crippen LogP contribution in [0.2, 0.25) is 0 Å². The van der Waals surface area contributed by atoms with Crippen LogP contribution in [0.4, 0.5) is 4.39 Å². The van der Waals surface area contributed by atoms with Crippen LogP contribution in [0.3, 0.4) is 0 Å². The largest absolute Gasteiger partial charge is 0.296 e. The van der Waals surface area contributed by atoms with Gasteiger partial charge in [-0.2, -0.15) is 14.6 Å². The Labute approximate surface area is 148 Å². The van der Waals surface area contributed by atoms with Gasteiger partial charge in [0, 0.05) is 11.3 Å². The second-order valence-corrected chi connectivity index (χ2v) is 7.28. The molecule has 0 unspecified atom stereocenters. The molecule has 0 radical (unpaired) electrons. The zero-order chi connectivity index (χ0) is 17.4. The fraction of sp³-hybridized carbons (Fsp3) is 0.0588. The highest BCUT2D eigenvalue weighted by molar-refractivity contribution is 7.15. The summed E-state index contributed by atoms with van der Waals surface area (Å²) in [7, 11) is 0. The molecule has 0 fully saturated rings. The second kappa shape index (κ2) is 6.30. The van der Waals surface area contributed by atoms with Gasteiger partial charge in [-0.25, -0.2) is 4.39 Å². The van der Waals surface area contributed by atoms with Crippen molar-refractivity contribution in [2.75, 3.05) is 0 Å². The highest BCUT2D eigenvalue weighted by atomic mass is 32.1. The third kappa shape index (κ3) is 3.13. The van der Waals surface area contributed by atoms with Gasteiger partial charge in [-0.15, -0.1) is 11.3 Å². The van der Waals surface area contributed by atoms with E-state index >= 15 is 0 Å². The Balaban J connectivity index is 1.81. The second-order valence-electron chi connectivity index (χ2n) is 5.29. The monoisotopic (exact) mass is 371 g/mol. The Morgan fingerprint density at radius 3 is 2.68 bits per heavy atom. The summed E-state index contributed by atoms with van der Waals surface area (Å²) in [5.74, 6) is -0.351. The third-order valence-corrected chi connectivity index (χ3v) is 5.33. The Hall–Kier alpha value is -2.71. The van der Waals surface area contributed by atoms with Crippen LogP contribution in [0.5, 0.6) is 0 Å². The van der Waals surface area contributed by atoms with Crippen LogP contribution in [0.15, 0.2) is 51.4 Å². The lowest BCUT2D eigenvalue weighted by Gasteiger charge is -2.00. The average Bonchev–Trinajstić information content (AvgIpc) is 3.20. The molecule has 3 aromatic heterocycles. The molecule has 0 aliphatic rings. The van der Waals surface area contributed by atoms with Crippen LogP contribution in [0, 0.1) is 5.82 Å². The van der Waals surface area contributed by atoms with E-state index in [4.69, 9.17) is 0 Å². The van der Waals surface area contributed by atoms with Crippen molar-refractivity contribution in [1.82, 2.24) is 14.6 Å². The highest BCUT2D eigenvalue weighted by Gasteiger charge is 2.11. The van der Waals surface area contributed by atoms with Crippen LogP contribution in [0.1, 0.15) is 16.1 Å². The number of benzene rings is 1. The van der Waals surface area contributed by atoms with Crippen LogP contribution in [0.25, 0.3) is 11.0 Å². The number of nitrogens with zero attached hydrogens (tertiary/aromatic N) is 3. The lowest BCUT2D eigenvalue weighted by Crippen LogP contribution is -2.27. The molecule has 25 heavy (non-hydrogen) atoms. The summed E-state index contributed by atoms with van der Waals surface area (Å²) in [4.78, 5) is 29.9. The molecule has 5 nitrogen and oxygen atoms in total. The van der Waals surface area contributed by atoms with Gasteiger partial charge in [0.25, 0.3) is 11.1 Å². The number of aromatic nitrogens is 3. The van der Waals surface area contributed by atoms with Gasteiger partial charge >= 0.3 is 0 Å². The molecule has 124 valence electrons. The average molecular weight is 371 g/mol. The maximum Gasteiger partial charge on any atom is 0.296 e. The lowest BCUT2D eigenvalue weighted by atomic mass is 10.1. The Kier molecular flexibility index (Phi) is 3.98. The minimum atomic E-state index is -0.478. The van der Waals surface area contributed by atoms with Crippen molar-refractivity contribution in [3.8, 4) is 0 Å². The Morgan fingerprint density at radius 2 is 1.96 bits per heavy atom. The van der Waals surface area contributed by atoms with Crippen molar-refractivity contribution in [2.45, 2.75) is 6.42 Å². The maximum absolute atomic E-state index is 13.0. The van der Waals surface area contributed by atoms with E-state index in [2.05, 4.69) is 10.1 Å². The van der Waals surface area contributed by atoms with E-state index in [9.17, 15) is 14.0 Å². The van der Waals surface area contributed by atoms with Crippen molar-refractivity contribution >= 4 is 33.7 Å². The SMILES string of the molecule is O=c1nc2sc(=Cc3cccs3)c(=O)n2nc1Cc1ccc(F)cc1. The number of fused-ring (bicyclic) bond motifs is 1. The Morgan fingerprint density at radius 1 is 1.16 bits per heavy atom. The molecule has 0 bridgehead atoms. The summed E-state index contributed by atoms with van der Waals surface area (Å²) in [5, 5.41) is 6.09. The summed E-state index contributed by atoms with van der Waals surface area (Å²) < 4.78 is 14.6. The van der Waals surface area contributed by atoms with Crippen LogP contribution in [-0.2, 0) is 6.42 Å². The molecular weight excluding hydrogens is 361 g/mol. The number of hydrogen-bond donors (Lipinski definition) is 0. The highest BCUT2D eigenvalue weighted by Crippen LogP contribution is 2.09. The molecule has 0 aliphatic heterocycles. The van der Waals surface area contributed by atoms with Gasteiger partial charge in [0.2, 0.25) is 4.96 Å². The predicted octanol–water partition coefficient (Wildman–Crippen LogP) is 1.85. The first-order valence-corrected chi connectivity index (χ1v) is 9.02. The molecule has 0 saturated carbocycles. The molecule has 0 N–H and O–H groups in total. The number of halogens is 1. The summed E-state index contributed by atoms with van der Waals surface area (Å²) in [6.07, 6.45) is 1.95. The molecule has 0 aliphatic carbocycles. The fourth-order valence-electron chi connectivity index (χ4n) is 2.35. The molecule has 8 heteroatoms. The van der Waals surface area contributed by atoms with Gasteiger partial charge in [0.05, 0.1) is 4.53 Å². The van der Waals surface area contributed by atoms with E-state index in [1.54, 1.807) is 18.2 Å². The molecule has 0 amide bonds. The fourth-order valence-corrected chi connectivity index (χ4v) is 3.98. The van der Waals surface area contributed by atoms with Crippen molar-refractivity contribution in [1.29, 1.82) is 0 Å². The maximum atomic E-state index is 13.0. The topological polar surface area (TPSA) is 64.3 Å². The molecule has 4 rings (SSSR count). The minimum absolute atomic E-state index is 0.154. The van der Waals surface area contributed by atoms with Gasteiger partial charge in [-0.05, 0) is 35.2 Å². The van der Waals surface area contributed by atoms with Gasteiger partial charge in [-0.3, -0.25) is 9.59 Å². The zero-order valence-electron chi connectivity index (χ0n) is 12.7. The van der Waals surface area contributed by atoms with E-state index in [-0.39, 0.29) is 28.5 Å². The van der Waals surface area contributed by atoms with Gasteiger partial charge in [0.15, 0.2) is 0 Å². The summed E-state index contributed by atoms with van der Waals surface area (Å²) in [6.45, 7) is 0. The van der Waals surface area contributed by atoms with Crippen LogP contribution < -0.4 is 15.7 Å². The van der Waals surface area contributed by atoms with Gasteiger partial charge in [-0.1, -0.05) is 29.5 Å². The zero-order valence-corrected chi connectivity index (χ0v) is 14.3. The predicted molar refractivity (Wildman–Crippen MR) is 95.7 cm³/mol. The molecule has 0 spiro atoms. The molecule has 3 heterocycles. The number of thiophene rings is 1. The van der Waals surface area contributed by atoms with Crippen molar-refractivity contribution in [3.05, 3.63) is 89.0 Å². The number of hydrogen-bond acceptors (Lipinski definition) is 6. The molecule has 4 aromatic rings. The van der Waals surface area contributed by atoms with Crippen LogP contribution >= 0.6 is 22.7 Å². The normalized spacial score (nSPS) is 12.1. The molecular formula is C17H10FN3O2S2. The smallest absolute Gasteiger partial charge is 0.266 e. The first kappa shape index (κ1) is 15.8. The minimum Gasteiger partial charge on any atom is -0.266 e. The van der Waals surface area contributed by atoms with Crippen molar-refractivity contribution < 1.29 is 4.39 Å². The quantitative estimate of drug-likeness (QED) is 0.551. The standard InChI is InChI=1S/C17H10FN3O2S2/c18-11-5-3-10(4-6-11)8-13-15(22)19-17-21(20-13)16(23)14(25-17)9-12-2-1-7-24-12/h1-7,9H,8H2. The van der Waals surface area contributed by atoms with Gasteiger partial charge in [0.1, 0.15) is 11.5 Å². The summed E-state index contributed by atoms with van der Waals surface area (Å²) >= 11 is 2.65. The third-order valence-electron chi connectivity index (χ3n) is 3.55. The number of rotatable bonds is 3. The van der Waals surface area contributed by atoms with E-state index in [1.165, 1.54) is 23.5 Å². The van der Waals surface area contributed by atoms with E-state index < -0.39 is 5.56 Å². The van der Waals surface area contributed by atoms with E-state index in [0.717, 1.165) is 26.3 Å². The van der Waals surface area contributed by atoms with Crippen molar-refractivity contribution in [3.63, 3.8) is 0 Å². The first-order chi connectivity index (χ1) is 12.1. The molecule has 1 aromatic carbocycles. The summed E-state index contributed by atoms with van der Waals surface area (Å²) in [5.41, 5.74) is 0.0944. The van der Waals surface area contributed by atoms with E-state index in [1.807, 2.05) is 17.5 Å². The molecule has 0 atom stereocenters. The first-order valence-electron chi connectivity index (χ1n) is 7.32. The van der Waals surface area contributed by atoms with E-state index in [0.29, 0.717) is 4.53 Å². The van der Waals surface area contributed by atoms with Crippen LogP contribution in [-0.4, -0.2) is 14.6 Å². The Bertz CT molecular complexity index is 1210. The number of thiazole rings is 1. The summed E-state index contributed by atoms with van der Waals surface area (Å²) in [6, 6.07) is 9.58. The molecule has 0 saturated heterocycles. The van der Waals surface area contributed by atoms with Gasteiger partial charge < -0.3 is 0 Å². The lowest BCUT2D eigenvalue weighted by molar-refractivity contribution is 0.627.